The van der Waals surface area contributed by atoms with Crippen LogP contribution >= 0.6 is 0 Å². The predicted octanol–water partition coefficient (Wildman–Crippen LogP) is 3.12. The minimum atomic E-state index is -0.460. The predicted molar refractivity (Wildman–Crippen MR) is 88.9 cm³/mol. The van der Waals surface area contributed by atoms with Crippen molar-refractivity contribution in [3.8, 4) is 0 Å². The quantitative estimate of drug-likeness (QED) is 0.642. The van der Waals surface area contributed by atoms with Crippen molar-refractivity contribution in [1.82, 2.24) is 4.90 Å². The summed E-state index contributed by atoms with van der Waals surface area (Å²) in [7, 11) is 0. The van der Waals surface area contributed by atoms with Crippen LogP contribution in [0.15, 0.2) is 48.5 Å². The number of hydrogen-bond acceptors (Lipinski definition) is 4. The number of carbonyl (C=O) groups is 1. The van der Waals surface area contributed by atoms with E-state index in [1.54, 1.807) is 24.0 Å². The van der Waals surface area contributed by atoms with E-state index in [2.05, 4.69) is 0 Å². The Hall–Kier alpha value is -2.73. The summed E-state index contributed by atoms with van der Waals surface area (Å²) >= 11 is 0. The Balaban J connectivity index is 1.83. The number of rotatable bonds is 3. The Morgan fingerprint density at radius 1 is 1.21 bits per heavy atom. The Kier molecular flexibility index (Phi) is 4.57. The lowest BCUT2D eigenvalue weighted by Crippen LogP contribution is -2.42. The van der Waals surface area contributed by atoms with Gasteiger partial charge in [-0.05, 0) is 18.6 Å². The van der Waals surface area contributed by atoms with Gasteiger partial charge in [0, 0.05) is 23.7 Å². The molecule has 1 saturated heterocycles. The van der Waals surface area contributed by atoms with Crippen molar-refractivity contribution in [2.24, 2.45) is 0 Å². The van der Waals surface area contributed by atoms with Crippen molar-refractivity contribution < 1.29 is 14.5 Å². The minimum absolute atomic E-state index is 0.0336. The van der Waals surface area contributed by atoms with Crippen molar-refractivity contribution in [3.05, 3.63) is 75.3 Å². The first-order chi connectivity index (χ1) is 11.6. The van der Waals surface area contributed by atoms with Gasteiger partial charge in [-0.2, -0.15) is 0 Å². The number of nitro benzene ring substituents is 1. The molecule has 3 rings (SSSR count). The average Bonchev–Trinajstić information content (AvgIpc) is 2.62. The Morgan fingerprint density at radius 2 is 1.96 bits per heavy atom. The summed E-state index contributed by atoms with van der Waals surface area (Å²) in [4.78, 5) is 25.1. The monoisotopic (exact) mass is 326 g/mol. The van der Waals surface area contributed by atoms with Crippen molar-refractivity contribution in [2.45, 2.75) is 13.0 Å². The molecule has 0 aliphatic carbocycles. The van der Waals surface area contributed by atoms with E-state index < -0.39 is 4.92 Å². The number of carbonyl (C=O) groups excluding carboxylic acids is 1. The lowest BCUT2D eigenvalue weighted by Gasteiger charge is -2.33. The van der Waals surface area contributed by atoms with E-state index in [1.165, 1.54) is 6.07 Å². The van der Waals surface area contributed by atoms with Gasteiger partial charge in [0.25, 0.3) is 11.6 Å². The molecule has 0 radical (unpaired) electrons. The van der Waals surface area contributed by atoms with Crippen molar-refractivity contribution >= 4 is 11.6 Å². The van der Waals surface area contributed by atoms with Gasteiger partial charge in [-0.25, -0.2) is 0 Å². The number of benzene rings is 2. The highest BCUT2D eigenvalue weighted by Gasteiger charge is 2.28. The molecule has 1 fully saturated rings. The highest BCUT2D eigenvalue weighted by Crippen LogP contribution is 2.26. The molecule has 0 N–H and O–H groups in total. The number of ether oxygens (including phenoxy) is 1. The highest BCUT2D eigenvalue weighted by atomic mass is 16.6. The minimum Gasteiger partial charge on any atom is -0.370 e. The average molecular weight is 326 g/mol. The number of nitrogens with zero attached hydrogens (tertiary/aromatic N) is 2. The summed E-state index contributed by atoms with van der Waals surface area (Å²) < 4.78 is 5.77. The third-order valence-corrected chi connectivity index (χ3v) is 4.26. The molecule has 1 atom stereocenters. The van der Waals surface area contributed by atoms with E-state index in [9.17, 15) is 14.9 Å². The molecular weight excluding hydrogens is 308 g/mol. The van der Waals surface area contributed by atoms with Crippen LogP contribution in [0, 0.1) is 17.0 Å². The lowest BCUT2D eigenvalue weighted by atomic mass is 10.0. The molecule has 24 heavy (non-hydrogen) atoms. The van der Waals surface area contributed by atoms with Crippen LogP contribution in [-0.4, -0.2) is 35.4 Å². The fourth-order valence-electron chi connectivity index (χ4n) is 2.93. The molecule has 1 amide bonds. The molecule has 0 bridgehead atoms. The lowest BCUT2D eigenvalue weighted by molar-refractivity contribution is -0.385. The van der Waals surface area contributed by atoms with Gasteiger partial charge in [-0.15, -0.1) is 0 Å². The Bertz CT molecular complexity index is 761. The first-order valence-electron chi connectivity index (χ1n) is 7.77. The van der Waals surface area contributed by atoms with Crippen molar-refractivity contribution in [2.75, 3.05) is 19.7 Å². The number of hydrogen-bond donors (Lipinski definition) is 0. The Labute approximate surface area is 139 Å². The molecule has 2 aromatic rings. The van der Waals surface area contributed by atoms with E-state index in [4.69, 9.17) is 4.74 Å². The summed E-state index contributed by atoms with van der Waals surface area (Å²) in [5, 5.41) is 11.1. The first-order valence-corrected chi connectivity index (χ1v) is 7.77. The maximum absolute atomic E-state index is 12.8. The molecule has 1 aliphatic rings. The van der Waals surface area contributed by atoms with Crippen LogP contribution in [0.25, 0.3) is 0 Å². The van der Waals surface area contributed by atoms with Crippen molar-refractivity contribution in [3.63, 3.8) is 0 Å². The molecule has 6 nitrogen and oxygen atoms in total. The second-order valence-electron chi connectivity index (χ2n) is 5.73. The summed E-state index contributed by atoms with van der Waals surface area (Å²) in [6, 6.07) is 14.3. The van der Waals surface area contributed by atoms with E-state index >= 15 is 0 Å². The SMILES string of the molecule is Cc1c(C(=O)N2CCOC(c3ccccc3)C2)cccc1[N+](=O)[O-]. The van der Waals surface area contributed by atoms with Gasteiger partial charge in [0.05, 0.1) is 18.1 Å². The van der Waals surface area contributed by atoms with Gasteiger partial charge in [0.2, 0.25) is 0 Å². The second-order valence-corrected chi connectivity index (χ2v) is 5.73. The van der Waals surface area contributed by atoms with Gasteiger partial charge in [-0.1, -0.05) is 36.4 Å². The Morgan fingerprint density at radius 3 is 2.67 bits per heavy atom. The van der Waals surface area contributed by atoms with Crippen LogP contribution in [-0.2, 0) is 4.74 Å². The summed E-state index contributed by atoms with van der Waals surface area (Å²) in [6.07, 6.45) is -0.178. The van der Waals surface area contributed by atoms with Gasteiger partial charge in [0.1, 0.15) is 6.10 Å². The molecule has 6 heteroatoms. The molecular formula is C18H18N2O4. The third-order valence-electron chi connectivity index (χ3n) is 4.26. The topological polar surface area (TPSA) is 72.7 Å². The fourth-order valence-corrected chi connectivity index (χ4v) is 2.93. The largest absolute Gasteiger partial charge is 0.370 e. The van der Waals surface area contributed by atoms with Gasteiger partial charge >= 0.3 is 0 Å². The highest BCUT2D eigenvalue weighted by molar-refractivity contribution is 5.96. The maximum atomic E-state index is 12.8. The molecule has 1 unspecified atom stereocenters. The summed E-state index contributed by atoms with van der Waals surface area (Å²) in [6.45, 7) is 2.97. The number of amides is 1. The van der Waals surface area contributed by atoms with E-state index in [0.29, 0.717) is 30.8 Å². The zero-order chi connectivity index (χ0) is 17.1. The molecule has 2 aromatic carbocycles. The maximum Gasteiger partial charge on any atom is 0.273 e. The van der Waals surface area contributed by atoms with Crippen LogP contribution < -0.4 is 0 Å². The molecule has 0 aromatic heterocycles. The van der Waals surface area contributed by atoms with Gasteiger partial charge < -0.3 is 9.64 Å². The first kappa shape index (κ1) is 16.1. The van der Waals surface area contributed by atoms with E-state index in [-0.39, 0.29) is 17.7 Å². The molecule has 0 saturated carbocycles. The number of nitro groups is 1. The zero-order valence-corrected chi connectivity index (χ0v) is 13.3. The van der Waals surface area contributed by atoms with Crippen LogP contribution in [0.2, 0.25) is 0 Å². The van der Waals surface area contributed by atoms with Crippen LogP contribution in [0.1, 0.15) is 27.6 Å². The van der Waals surface area contributed by atoms with Crippen LogP contribution in [0.4, 0.5) is 5.69 Å². The smallest absolute Gasteiger partial charge is 0.273 e. The zero-order valence-electron chi connectivity index (χ0n) is 13.3. The summed E-state index contributed by atoms with van der Waals surface area (Å²) in [5.41, 5.74) is 1.76. The van der Waals surface area contributed by atoms with E-state index in [1.807, 2.05) is 30.3 Å². The van der Waals surface area contributed by atoms with E-state index in [0.717, 1.165) is 5.56 Å². The third kappa shape index (κ3) is 3.14. The van der Waals surface area contributed by atoms with Gasteiger partial charge in [0.15, 0.2) is 0 Å². The molecule has 1 aliphatic heterocycles. The molecule has 124 valence electrons. The van der Waals surface area contributed by atoms with Crippen LogP contribution in [0.3, 0.4) is 0 Å². The number of morpholine rings is 1. The van der Waals surface area contributed by atoms with Crippen molar-refractivity contribution in [1.29, 1.82) is 0 Å². The van der Waals surface area contributed by atoms with Crippen LogP contribution in [0.5, 0.6) is 0 Å². The molecule has 0 spiro atoms. The second kappa shape index (κ2) is 6.80. The normalized spacial score (nSPS) is 17.5. The molecule has 1 heterocycles. The fraction of sp³-hybridized carbons (Fsp3) is 0.278. The summed E-state index contributed by atoms with van der Waals surface area (Å²) in [5.74, 6) is -0.194. The standard InChI is InChI=1S/C18H18N2O4/c1-13-15(8-5-9-16(13)20(22)23)18(21)19-10-11-24-17(12-19)14-6-3-2-4-7-14/h2-9,17H,10-12H2,1H3. The van der Waals surface area contributed by atoms with Gasteiger partial charge in [-0.3, -0.25) is 14.9 Å².